The first kappa shape index (κ1) is 10.8. The highest BCUT2D eigenvalue weighted by molar-refractivity contribution is 7.99. The first-order chi connectivity index (χ1) is 7.06. The summed E-state index contributed by atoms with van der Waals surface area (Å²) in [5, 5.41) is 0. The van der Waals surface area contributed by atoms with Crippen molar-refractivity contribution < 1.29 is 4.43 Å². The number of rotatable bonds is 2. The third-order valence-electron chi connectivity index (χ3n) is 2.08. The molecule has 0 unspecified atom stereocenters. The summed E-state index contributed by atoms with van der Waals surface area (Å²) in [7, 11) is -1.49. The van der Waals surface area contributed by atoms with Crippen LogP contribution in [-0.4, -0.2) is 14.1 Å². The van der Waals surface area contributed by atoms with Gasteiger partial charge in [-0.1, -0.05) is 18.2 Å². The topological polar surface area (TPSA) is 9.23 Å². The predicted molar refractivity (Wildman–Crippen MR) is 69.6 cm³/mol. The van der Waals surface area contributed by atoms with Crippen LogP contribution in [0.25, 0.3) is 5.76 Å². The molecule has 0 aromatic heterocycles. The maximum Gasteiger partial charge on any atom is 0.242 e. The summed E-state index contributed by atoms with van der Waals surface area (Å²) in [4.78, 5) is 1.34. The van der Waals surface area contributed by atoms with Crippen LogP contribution >= 0.6 is 11.8 Å². The molecule has 80 valence electrons. The van der Waals surface area contributed by atoms with Gasteiger partial charge in [0.15, 0.2) is 0 Å². The van der Waals surface area contributed by atoms with Crippen LogP contribution in [0.4, 0.5) is 0 Å². The molecule has 0 saturated carbocycles. The van der Waals surface area contributed by atoms with Crippen molar-refractivity contribution in [3.8, 4) is 0 Å². The molecule has 3 heteroatoms. The SMILES string of the molecule is C[Si](C)(C)OC1=CCSc2ccccc21. The van der Waals surface area contributed by atoms with Crippen LogP contribution in [0.2, 0.25) is 19.6 Å². The van der Waals surface area contributed by atoms with Gasteiger partial charge in [0, 0.05) is 16.2 Å². The Bertz CT molecular complexity index is 393. The van der Waals surface area contributed by atoms with E-state index < -0.39 is 8.32 Å². The second-order valence-corrected chi connectivity index (χ2v) is 10.1. The van der Waals surface area contributed by atoms with Crippen molar-refractivity contribution in [1.82, 2.24) is 0 Å². The summed E-state index contributed by atoms with van der Waals surface area (Å²) in [5.41, 5.74) is 1.26. The van der Waals surface area contributed by atoms with Gasteiger partial charge in [-0.25, -0.2) is 0 Å². The average Bonchev–Trinajstić information content (AvgIpc) is 2.16. The molecule has 1 aromatic carbocycles. The van der Waals surface area contributed by atoms with Crippen LogP contribution in [0.5, 0.6) is 0 Å². The molecule has 1 aliphatic rings. The summed E-state index contributed by atoms with van der Waals surface area (Å²) in [6, 6.07) is 8.48. The van der Waals surface area contributed by atoms with Crippen molar-refractivity contribution in [1.29, 1.82) is 0 Å². The maximum atomic E-state index is 6.09. The van der Waals surface area contributed by atoms with E-state index in [1.54, 1.807) is 0 Å². The van der Waals surface area contributed by atoms with Crippen LogP contribution < -0.4 is 0 Å². The number of benzene rings is 1. The number of hydrogen-bond acceptors (Lipinski definition) is 2. The molecule has 15 heavy (non-hydrogen) atoms. The highest BCUT2D eigenvalue weighted by Gasteiger charge is 2.21. The highest BCUT2D eigenvalue weighted by Crippen LogP contribution is 2.34. The molecule has 0 fully saturated rings. The number of fused-ring (bicyclic) bond motifs is 1. The Hall–Kier alpha value is -0.673. The van der Waals surface area contributed by atoms with Crippen LogP contribution in [0.15, 0.2) is 35.2 Å². The number of thioether (sulfide) groups is 1. The zero-order valence-corrected chi connectivity index (χ0v) is 11.2. The Labute approximate surface area is 96.7 Å². The lowest BCUT2D eigenvalue weighted by atomic mass is 10.2. The van der Waals surface area contributed by atoms with Gasteiger partial charge in [-0.2, -0.15) is 0 Å². The fourth-order valence-electron chi connectivity index (χ4n) is 1.54. The molecule has 1 aliphatic heterocycles. The zero-order valence-electron chi connectivity index (χ0n) is 9.41. The molecule has 1 heterocycles. The van der Waals surface area contributed by atoms with Crippen molar-refractivity contribution in [2.24, 2.45) is 0 Å². The minimum atomic E-state index is -1.49. The fraction of sp³-hybridized carbons (Fsp3) is 0.333. The van der Waals surface area contributed by atoms with Crippen molar-refractivity contribution >= 4 is 25.8 Å². The first-order valence-corrected chi connectivity index (χ1v) is 9.57. The lowest BCUT2D eigenvalue weighted by molar-refractivity contribution is 0.511. The van der Waals surface area contributed by atoms with Gasteiger partial charge in [0.25, 0.3) is 0 Å². The van der Waals surface area contributed by atoms with Gasteiger partial charge in [-0.15, -0.1) is 11.8 Å². The van der Waals surface area contributed by atoms with Gasteiger partial charge in [0.1, 0.15) is 5.76 Å². The normalized spacial score (nSPS) is 15.5. The minimum Gasteiger partial charge on any atom is -0.544 e. The molecule has 0 spiro atoms. The summed E-state index contributed by atoms with van der Waals surface area (Å²) in [5.74, 6) is 2.11. The molecular weight excluding hydrogens is 220 g/mol. The Balaban J connectivity index is 2.31. The van der Waals surface area contributed by atoms with Gasteiger partial charge < -0.3 is 4.43 Å². The van der Waals surface area contributed by atoms with E-state index in [1.807, 2.05) is 11.8 Å². The van der Waals surface area contributed by atoms with E-state index in [9.17, 15) is 0 Å². The van der Waals surface area contributed by atoms with E-state index in [-0.39, 0.29) is 0 Å². The van der Waals surface area contributed by atoms with Gasteiger partial charge in [0.05, 0.1) is 0 Å². The average molecular weight is 236 g/mol. The molecule has 0 amide bonds. The molecule has 0 N–H and O–H groups in total. The van der Waals surface area contributed by atoms with E-state index in [0.29, 0.717) is 0 Å². The lowest BCUT2D eigenvalue weighted by Gasteiger charge is -2.25. The molecule has 0 saturated heterocycles. The quantitative estimate of drug-likeness (QED) is 0.718. The van der Waals surface area contributed by atoms with Crippen LogP contribution in [0, 0.1) is 0 Å². The van der Waals surface area contributed by atoms with Crippen LogP contribution in [0.3, 0.4) is 0 Å². The zero-order chi connectivity index (χ0) is 10.9. The minimum absolute atomic E-state index is 1.02. The molecule has 0 bridgehead atoms. The second-order valence-electron chi connectivity index (χ2n) is 4.59. The summed E-state index contributed by atoms with van der Waals surface area (Å²) in [6.07, 6.45) is 2.20. The molecule has 1 aromatic rings. The van der Waals surface area contributed by atoms with E-state index in [4.69, 9.17) is 4.43 Å². The van der Waals surface area contributed by atoms with Crippen LogP contribution in [0.1, 0.15) is 5.56 Å². The van der Waals surface area contributed by atoms with Crippen molar-refractivity contribution in [2.45, 2.75) is 24.5 Å². The summed E-state index contributed by atoms with van der Waals surface area (Å²) in [6.45, 7) is 6.66. The smallest absolute Gasteiger partial charge is 0.242 e. The molecule has 1 nitrogen and oxygen atoms in total. The van der Waals surface area contributed by atoms with Gasteiger partial charge in [-0.05, 0) is 31.8 Å². The predicted octanol–water partition coefficient (Wildman–Crippen LogP) is 3.98. The Kier molecular flexibility index (Phi) is 2.93. The first-order valence-electron chi connectivity index (χ1n) is 5.18. The highest BCUT2D eigenvalue weighted by atomic mass is 32.2. The molecule has 0 aliphatic carbocycles. The van der Waals surface area contributed by atoms with E-state index in [1.165, 1.54) is 10.5 Å². The van der Waals surface area contributed by atoms with Crippen molar-refractivity contribution in [2.75, 3.05) is 5.75 Å². The fourth-order valence-corrected chi connectivity index (χ4v) is 3.31. The monoisotopic (exact) mass is 236 g/mol. The van der Waals surface area contributed by atoms with E-state index in [2.05, 4.69) is 50.0 Å². The molecule has 2 rings (SSSR count). The largest absolute Gasteiger partial charge is 0.544 e. The van der Waals surface area contributed by atoms with Crippen LogP contribution in [-0.2, 0) is 4.43 Å². The third kappa shape index (κ3) is 2.67. The van der Waals surface area contributed by atoms with Gasteiger partial charge >= 0.3 is 0 Å². The van der Waals surface area contributed by atoms with Crippen molar-refractivity contribution in [3.05, 3.63) is 35.9 Å². The second kappa shape index (κ2) is 4.06. The lowest BCUT2D eigenvalue weighted by Crippen LogP contribution is -2.25. The van der Waals surface area contributed by atoms with Crippen molar-refractivity contribution in [3.63, 3.8) is 0 Å². The summed E-state index contributed by atoms with van der Waals surface area (Å²) >= 11 is 1.88. The third-order valence-corrected chi connectivity index (χ3v) is 3.91. The standard InChI is InChI=1S/C12H16OSSi/c1-15(2,3)13-11-8-9-14-12-7-5-4-6-10(11)12/h4-8H,9H2,1-3H3. The Morgan fingerprint density at radius 3 is 2.67 bits per heavy atom. The molecular formula is C12H16OSSi. The maximum absolute atomic E-state index is 6.09. The Morgan fingerprint density at radius 2 is 1.93 bits per heavy atom. The van der Waals surface area contributed by atoms with E-state index >= 15 is 0 Å². The Morgan fingerprint density at radius 1 is 1.20 bits per heavy atom. The summed E-state index contributed by atoms with van der Waals surface area (Å²) < 4.78 is 6.09. The van der Waals surface area contributed by atoms with Gasteiger partial charge in [-0.3, -0.25) is 0 Å². The number of hydrogen-bond donors (Lipinski definition) is 0. The molecule has 0 radical (unpaired) electrons. The van der Waals surface area contributed by atoms with E-state index in [0.717, 1.165) is 11.5 Å². The molecule has 0 atom stereocenters. The van der Waals surface area contributed by atoms with Gasteiger partial charge in [0.2, 0.25) is 8.32 Å².